The van der Waals surface area contributed by atoms with Gasteiger partial charge in [0.25, 0.3) is 0 Å². The summed E-state index contributed by atoms with van der Waals surface area (Å²) >= 11 is 0. The van der Waals surface area contributed by atoms with E-state index in [1.165, 1.54) is 0 Å². The Morgan fingerprint density at radius 3 is 1.23 bits per heavy atom. The molecule has 0 aliphatic rings. The average Bonchev–Trinajstić information content (AvgIpc) is 2.92. The number of rotatable bonds is 33. The number of Topliss-reactive ketones (excluding diaryl/α,β-unsaturated/α-hetero) is 2. The van der Waals surface area contributed by atoms with E-state index < -0.39 is 12.0 Å². The van der Waals surface area contributed by atoms with Crippen molar-refractivity contribution in [3.63, 3.8) is 0 Å². The molecule has 13 nitrogen and oxygen atoms in total. The molecular formula is C27H51NO12. The van der Waals surface area contributed by atoms with Crippen molar-refractivity contribution in [3.05, 3.63) is 0 Å². The van der Waals surface area contributed by atoms with E-state index in [2.05, 4.69) is 0 Å². The van der Waals surface area contributed by atoms with Gasteiger partial charge in [-0.1, -0.05) is 6.92 Å². The summed E-state index contributed by atoms with van der Waals surface area (Å²) < 4.78 is 43.2. The van der Waals surface area contributed by atoms with Crippen LogP contribution in [0.4, 0.5) is 0 Å². The van der Waals surface area contributed by atoms with Crippen LogP contribution < -0.4 is 5.73 Å². The number of carboxylic acid groups (broad SMARTS) is 1. The SMILES string of the molecule is CCCC(=O)CCCOCCOCCOCCOCCOCCOCCOCCOCCC(=O)CC(N)C(=O)O. The number of hydrogen-bond acceptors (Lipinski definition) is 12. The second kappa shape index (κ2) is 30.4. The van der Waals surface area contributed by atoms with Crippen LogP contribution in [0, 0.1) is 0 Å². The lowest BCUT2D eigenvalue weighted by molar-refractivity contribution is -0.140. The number of hydrogen-bond donors (Lipinski definition) is 2. The van der Waals surface area contributed by atoms with Crippen molar-refractivity contribution in [2.24, 2.45) is 5.73 Å². The van der Waals surface area contributed by atoms with Gasteiger partial charge in [0.05, 0.1) is 99.1 Å². The minimum absolute atomic E-state index is 0.126. The lowest BCUT2D eigenvalue weighted by Gasteiger charge is -2.09. The van der Waals surface area contributed by atoms with Crippen molar-refractivity contribution in [3.8, 4) is 0 Å². The van der Waals surface area contributed by atoms with Crippen LogP contribution >= 0.6 is 0 Å². The fraction of sp³-hybridized carbons (Fsp3) is 0.889. The summed E-state index contributed by atoms with van der Waals surface area (Å²) in [6.07, 6.45) is 2.84. The smallest absolute Gasteiger partial charge is 0.320 e. The van der Waals surface area contributed by atoms with Crippen LogP contribution in [0.2, 0.25) is 0 Å². The maximum absolute atomic E-state index is 11.5. The van der Waals surface area contributed by atoms with Gasteiger partial charge in [-0.25, -0.2) is 0 Å². The van der Waals surface area contributed by atoms with E-state index >= 15 is 0 Å². The molecular weight excluding hydrogens is 530 g/mol. The molecule has 0 fully saturated rings. The molecule has 0 rings (SSSR count). The Hall–Kier alpha value is -1.55. The predicted octanol–water partition coefficient (Wildman–Crippen LogP) is 1.03. The summed E-state index contributed by atoms with van der Waals surface area (Å²) in [7, 11) is 0. The minimum atomic E-state index is -1.19. The standard InChI is InChI=1S/C27H51NO12/c1-2-4-24(29)5-3-7-33-9-11-35-13-15-37-17-19-39-21-22-40-20-18-38-16-14-36-12-10-34-8-6-25(30)23-26(28)27(31)32/h26H,2-23,28H2,1H3,(H,31,32). The summed E-state index contributed by atoms with van der Waals surface area (Å²) in [6, 6.07) is -1.17. The normalized spacial score (nSPS) is 12.1. The maximum atomic E-state index is 11.5. The highest BCUT2D eigenvalue weighted by Crippen LogP contribution is 1.98. The number of carbonyl (C=O) groups excluding carboxylic acids is 2. The summed E-state index contributed by atoms with van der Waals surface area (Å²) in [4.78, 5) is 33.5. The first-order valence-electron chi connectivity index (χ1n) is 14.1. The first kappa shape index (κ1) is 38.5. The third-order valence-electron chi connectivity index (χ3n) is 5.17. The zero-order chi connectivity index (χ0) is 29.5. The Kier molecular flexibility index (Phi) is 29.2. The largest absolute Gasteiger partial charge is 0.480 e. The molecule has 1 atom stereocenters. The van der Waals surface area contributed by atoms with Crippen molar-refractivity contribution in [1.82, 2.24) is 0 Å². The van der Waals surface area contributed by atoms with Crippen molar-refractivity contribution in [2.75, 3.05) is 106 Å². The molecule has 0 bridgehead atoms. The molecule has 0 spiro atoms. The van der Waals surface area contributed by atoms with E-state index in [9.17, 15) is 14.4 Å². The summed E-state index contributed by atoms with van der Waals surface area (Å²) in [5.74, 6) is -1.13. The number of carbonyl (C=O) groups is 3. The molecule has 0 aromatic rings. The zero-order valence-electron chi connectivity index (χ0n) is 24.1. The molecule has 0 amide bonds. The molecule has 236 valence electrons. The van der Waals surface area contributed by atoms with E-state index in [1.54, 1.807) is 0 Å². The van der Waals surface area contributed by atoms with Crippen LogP contribution in [0.25, 0.3) is 0 Å². The van der Waals surface area contributed by atoms with Gasteiger partial charge < -0.3 is 48.7 Å². The van der Waals surface area contributed by atoms with Crippen LogP contribution in [0.5, 0.6) is 0 Å². The molecule has 0 heterocycles. The van der Waals surface area contributed by atoms with E-state index in [4.69, 9.17) is 48.7 Å². The summed E-state index contributed by atoms with van der Waals surface area (Å²) in [5.41, 5.74) is 5.30. The quantitative estimate of drug-likeness (QED) is 0.105. The number of aliphatic carboxylic acids is 1. The maximum Gasteiger partial charge on any atom is 0.320 e. The molecule has 13 heteroatoms. The Bertz CT molecular complexity index is 608. The second-order valence-corrected chi connectivity index (χ2v) is 8.73. The van der Waals surface area contributed by atoms with Crippen LogP contribution in [-0.2, 0) is 52.3 Å². The molecule has 0 aliphatic carbocycles. The predicted molar refractivity (Wildman–Crippen MR) is 146 cm³/mol. The Morgan fingerprint density at radius 2 is 0.875 bits per heavy atom. The highest BCUT2D eigenvalue weighted by atomic mass is 16.6. The van der Waals surface area contributed by atoms with Crippen molar-refractivity contribution >= 4 is 17.5 Å². The van der Waals surface area contributed by atoms with Crippen LogP contribution in [-0.4, -0.2) is 134 Å². The van der Waals surface area contributed by atoms with Gasteiger partial charge in [-0.3, -0.25) is 14.4 Å². The third kappa shape index (κ3) is 29.4. The van der Waals surface area contributed by atoms with Crippen molar-refractivity contribution in [2.45, 2.75) is 51.5 Å². The highest BCUT2D eigenvalue weighted by Gasteiger charge is 2.15. The first-order valence-corrected chi connectivity index (χ1v) is 14.1. The van der Waals surface area contributed by atoms with E-state index in [0.29, 0.717) is 118 Å². The number of carboxylic acids is 1. The topological polar surface area (TPSA) is 171 Å². The Morgan fingerprint density at radius 1 is 0.525 bits per heavy atom. The molecule has 0 saturated carbocycles. The van der Waals surface area contributed by atoms with Gasteiger partial charge in [-0.2, -0.15) is 0 Å². The Labute approximate surface area is 238 Å². The number of nitrogens with two attached hydrogens (primary N) is 1. The molecule has 0 aromatic heterocycles. The van der Waals surface area contributed by atoms with E-state index in [1.807, 2.05) is 6.92 Å². The summed E-state index contributed by atoms with van der Waals surface area (Å²) in [6.45, 7) is 9.18. The molecule has 40 heavy (non-hydrogen) atoms. The zero-order valence-corrected chi connectivity index (χ0v) is 24.1. The van der Waals surface area contributed by atoms with Gasteiger partial charge in [-0.05, 0) is 12.8 Å². The van der Waals surface area contributed by atoms with Gasteiger partial charge in [-0.15, -0.1) is 0 Å². The fourth-order valence-corrected chi connectivity index (χ4v) is 3.04. The highest BCUT2D eigenvalue weighted by molar-refractivity contribution is 5.85. The summed E-state index contributed by atoms with van der Waals surface area (Å²) in [5, 5.41) is 8.65. The molecule has 0 aromatic carbocycles. The number of ketones is 2. The van der Waals surface area contributed by atoms with Gasteiger partial charge in [0.15, 0.2) is 0 Å². The Balaban J connectivity index is 3.14. The second-order valence-electron chi connectivity index (χ2n) is 8.73. The third-order valence-corrected chi connectivity index (χ3v) is 5.17. The van der Waals surface area contributed by atoms with Crippen LogP contribution in [0.15, 0.2) is 0 Å². The average molecular weight is 582 g/mol. The van der Waals surface area contributed by atoms with Gasteiger partial charge in [0.2, 0.25) is 0 Å². The van der Waals surface area contributed by atoms with Gasteiger partial charge >= 0.3 is 5.97 Å². The van der Waals surface area contributed by atoms with Crippen LogP contribution in [0.1, 0.15) is 45.4 Å². The fourth-order valence-electron chi connectivity index (χ4n) is 3.04. The molecule has 0 aliphatic heterocycles. The van der Waals surface area contributed by atoms with Crippen LogP contribution in [0.3, 0.4) is 0 Å². The van der Waals surface area contributed by atoms with Gasteiger partial charge in [0, 0.05) is 32.3 Å². The van der Waals surface area contributed by atoms with Crippen molar-refractivity contribution in [1.29, 1.82) is 0 Å². The lowest BCUT2D eigenvalue weighted by atomic mass is 10.1. The molecule has 0 radical (unpaired) electrons. The first-order chi connectivity index (χ1) is 19.5. The molecule has 1 unspecified atom stereocenters. The van der Waals surface area contributed by atoms with E-state index in [-0.39, 0.29) is 25.2 Å². The van der Waals surface area contributed by atoms with E-state index in [0.717, 1.165) is 12.8 Å². The molecule has 0 saturated heterocycles. The van der Waals surface area contributed by atoms with Gasteiger partial charge in [0.1, 0.15) is 17.6 Å². The number of ether oxygens (including phenoxy) is 8. The minimum Gasteiger partial charge on any atom is -0.480 e. The molecule has 3 N–H and O–H groups in total. The van der Waals surface area contributed by atoms with Crippen molar-refractivity contribution < 1.29 is 57.4 Å². The monoisotopic (exact) mass is 581 g/mol. The lowest BCUT2D eigenvalue weighted by Crippen LogP contribution is -2.32.